The number of unbranched alkanes of at least 4 members (excludes halogenated alkanes) is 6. The Balaban J connectivity index is 1.98. The van der Waals surface area contributed by atoms with Crippen LogP contribution in [0.4, 0.5) is 0 Å². The van der Waals surface area contributed by atoms with Crippen LogP contribution in [0.1, 0.15) is 97.1 Å². The molecule has 194 valence electrons. The zero-order chi connectivity index (χ0) is 24.9. The minimum Gasteiger partial charge on any atom is -0.461 e. The molecule has 1 aliphatic rings. The second-order valence-corrected chi connectivity index (χ2v) is 9.79. The maximum absolute atomic E-state index is 13.0. The van der Waals surface area contributed by atoms with Crippen LogP contribution in [0.15, 0.2) is 21.9 Å². The van der Waals surface area contributed by atoms with Crippen LogP contribution in [0.2, 0.25) is 0 Å². The summed E-state index contributed by atoms with van der Waals surface area (Å²) >= 11 is 0. The van der Waals surface area contributed by atoms with Crippen LogP contribution < -0.4 is 11.2 Å². The molecule has 0 N–H and O–H groups in total. The highest BCUT2D eigenvalue weighted by atomic mass is 16.5. The standard InChI is InChI=1S/C26H45N3O5/c1-5-7-9-10-11-12-14-21(13-8-6-2)34-25(31)20-29-23(30)17-18-28(26(29)32)24-16-15-22(33-24)19-27(3)4/h17-18,21-22,24H,5-16,19-20H2,1-4H3. The van der Waals surface area contributed by atoms with E-state index in [9.17, 15) is 14.4 Å². The molecule has 1 fully saturated rings. The lowest BCUT2D eigenvalue weighted by atomic mass is 10.0. The first kappa shape index (κ1) is 28.3. The van der Waals surface area contributed by atoms with Crippen molar-refractivity contribution in [2.24, 2.45) is 0 Å². The smallest absolute Gasteiger partial charge is 0.333 e. The van der Waals surface area contributed by atoms with Crippen molar-refractivity contribution < 1.29 is 14.3 Å². The molecule has 3 unspecified atom stereocenters. The van der Waals surface area contributed by atoms with E-state index in [0.717, 1.165) is 56.1 Å². The van der Waals surface area contributed by atoms with Crippen LogP contribution in [-0.2, 0) is 20.8 Å². The second kappa shape index (κ2) is 15.1. The quantitative estimate of drug-likeness (QED) is 0.262. The Hall–Kier alpha value is -1.93. The average molecular weight is 480 g/mol. The zero-order valence-electron chi connectivity index (χ0n) is 21.7. The van der Waals surface area contributed by atoms with Gasteiger partial charge in [-0.3, -0.25) is 14.2 Å². The lowest BCUT2D eigenvalue weighted by molar-refractivity contribution is -0.150. The largest absolute Gasteiger partial charge is 0.461 e. The number of carbonyl (C=O) groups is 1. The maximum atomic E-state index is 13.0. The van der Waals surface area contributed by atoms with Crippen LogP contribution in [0.25, 0.3) is 0 Å². The summed E-state index contributed by atoms with van der Waals surface area (Å²) in [4.78, 5) is 40.2. The highest BCUT2D eigenvalue weighted by Gasteiger charge is 2.28. The minimum atomic E-state index is -0.527. The van der Waals surface area contributed by atoms with Crippen LogP contribution in [0, 0.1) is 0 Å². The second-order valence-electron chi connectivity index (χ2n) is 9.79. The lowest BCUT2D eigenvalue weighted by Crippen LogP contribution is -2.42. The minimum absolute atomic E-state index is 0.0403. The molecule has 0 aliphatic carbocycles. The van der Waals surface area contributed by atoms with E-state index in [2.05, 4.69) is 13.8 Å². The molecule has 0 amide bonds. The fourth-order valence-corrected chi connectivity index (χ4v) is 4.53. The first-order valence-corrected chi connectivity index (χ1v) is 13.2. The van der Waals surface area contributed by atoms with E-state index in [-0.39, 0.29) is 18.8 Å². The number of esters is 1. The van der Waals surface area contributed by atoms with Crippen molar-refractivity contribution in [1.29, 1.82) is 0 Å². The number of ether oxygens (including phenoxy) is 2. The molecule has 2 rings (SSSR count). The number of hydrogen-bond donors (Lipinski definition) is 0. The molecular formula is C26H45N3O5. The molecular weight excluding hydrogens is 434 g/mol. The maximum Gasteiger partial charge on any atom is 0.333 e. The zero-order valence-corrected chi connectivity index (χ0v) is 21.7. The topological polar surface area (TPSA) is 82.8 Å². The Morgan fingerprint density at radius 1 is 1.06 bits per heavy atom. The van der Waals surface area contributed by atoms with Gasteiger partial charge >= 0.3 is 11.7 Å². The third-order valence-corrected chi connectivity index (χ3v) is 6.40. The summed E-state index contributed by atoms with van der Waals surface area (Å²) in [6.45, 7) is 4.72. The lowest BCUT2D eigenvalue weighted by Gasteiger charge is -2.20. The van der Waals surface area contributed by atoms with Gasteiger partial charge in [0, 0.05) is 18.8 Å². The van der Waals surface area contributed by atoms with Crippen molar-refractivity contribution in [2.45, 2.75) is 116 Å². The number of rotatable bonds is 16. The van der Waals surface area contributed by atoms with Gasteiger partial charge in [-0.25, -0.2) is 9.36 Å². The Bertz CT molecular complexity index is 848. The number of hydrogen-bond acceptors (Lipinski definition) is 6. The Labute approximate surface area is 204 Å². The van der Waals surface area contributed by atoms with E-state index in [1.165, 1.54) is 42.5 Å². The van der Waals surface area contributed by atoms with E-state index in [1.54, 1.807) is 0 Å². The summed E-state index contributed by atoms with van der Waals surface area (Å²) < 4.78 is 14.1. The van der Waals surface area contributed by atoms with Crippen molar-refractivity contribution in [2.75, 3.05) is 20.6 Å². The summed E-state index contributed by atoms with van der Waals surface area (Å²) in [6, 6.07) is 1.32. The molecule has 8 nitrogen and oxygen atoms in total. The van der Waals surface area contributed by atoms with Crippen LogP contribution >= 0.6 is 0 Å². The molecule has 8 heteroatoms. The summed E-state index contributed by atoms with van der Waals surface area (Å²) in [5, 5.41) is 0. The molecule has 0 aromatic carbocycles. The molecule has 1 aromatic rings. The van der Waals surface area contributed by atoms with Crippen molar-refractivity contribution in [3.63, 3.8) is 0 Å². The van der Waals surface area contributed by atoms with E-state index in [1.807, 2.05) is 19.0 Å². The monoisotopic (exact) mass is 479 g/mol. The first-order valence-electron chi connectivity index (χ1n) is 13.2. The first-order chi connectivity index (χ1) is 16.3. The Morgan fingerprint density at radius 3 is 2.44 bits per heavy atom. The van der Waals surface area contributed by atoms with Crippen molar-refractivity contribution in [1.82, 2.24) is 14.0 Å². The fourth-order valence-electron chi connectivity index (χ4n) is 4.53. The summed E-state index contributed by atoms with van der Waals surface area (Å²) in [5.41, 5.74) is -1.02. The third-order valence-electron chi connectivity index (χ3n) is 6.40. The van der Waals surface area contributed by atoms with E-state index in [4.69, 9.17) is 9.47 Å². The van der Waals surface area contributed by atoms with Gasteiger partial charge in [-0.15, -0.1) is 0 Å². The predicted octanol–water partition coefficient (Wildman–Crippen LogP) is 4.10. The van der Waals surface area contributed by atoms with Crippen molar-refractivity contribution in [3.8, 4) is 0 Å². The summed E-state index contributed by atoms with van der Waals surface area (Å²) in [6.07, 6.45) is 13.2. The van der Waals surface area contributed by atoms with E-state index < -0.39 is 23.4 Å². The normalized spacial score (nSPS) is 19.0. The number of aromatic nitrogens is 2. The molecule has 3 atom stereocenters. The summed E-state index contributed by atoms with van der Waals surface area (Å²) in [5.74, 6) is -0.526. The third kappa shape index (κ3) is 9.37. The van der Waals surface area contributed by atoms with Crippen molar-refractivity contribution >= 4 is 5.97 Å². The molecule has 0 radical (unpaired) electrons. The van der Waals surface area contributed by atoms with Gasteiger partial charge in [0.05, 0.1) is 6.10 Å². The number of nitrogens with zero attached hydrogens (tertiary/aromatic N) is 3. The number of carbonyl (C=O) groups excluding carboxylic acids is 1. The number of likely N-dealkylation sites (N-methyl/N-ethyl adjacent to an activating group) is 1. The van der Waals surface area contributed by atoms with E-state index >= 15 is 0 Å². The van der Waals surface area contributed by atoms with Gasteiger partial charge in [0.15, 0.2) is 0 Å². The highest BCUT2D eigenvalue weighted by Crippen LogP contribution is 2.27. The molecule has 1 aromatic heterocycles. The van der Waals surface area contributed by atoms with Crippen molar-refractivity contribution in [3.05, 3.63) is 33.1 Å². The van der Waals surface area contributed by atoms with Gasteiger partial charge in [0.1, 0.15) is 18.9 Å². The SMILES string of the molecule is CCCCCCCCC(CCCC)OC(=O)Cn1c(=O)ccn(C2CCC(CN(C)C)O2)c1=O. The van der Waals surface area contributed by atoms with E-state index in [0.29, 0.717) is 6.42 Å². The predicted molar refractivity (Wildman–Crippen MR) is 134 cm³/mol. The molecule has 0 spiro atoms. The van der Waals surface area contributed by atoms with Crippen LogP contribution in [0.3, 0.4) is 0 Å². The molecule has 0 bridgehead atoms. The van der Waals surface area contributed by atoms with Crippen LogP contribution in [0.5, 0.6) is 0 Å². The molecule has 2 heterocycles. The van der Waals surface area contributed by atoms with Crippen LogP contribution in [-0.4, -0.2) is 52.9 Å². The van der Waals surface area contributed by atoms with Gasteiger partial charge in [0.2, 0.25) is 0 Å². The van der Waals surface area contributed by atoms with Gasteiger partial charge in [-0.2, -0.15) is 0 Å². The average Bonchev–Trinajstić information content (AvgIpc) is 3.24. The van der Waals surface area contributed by atoms with Gasteiger partial charge in [0.25, 0.3) is 5.56 Å². The summed E-state index contributed by atoms with van der Waals surface area (Å²) in [7, 11) is 3.96. The molecule has 34 heavy (non-hydrogen) atoms. The molecule has 0 saturated carbocycles. The van der Waals surface area contributed by atoms with Gasteiger partial charge in [-0.05, 0) is 46.2 Å². The van der Waals surface area contributed by atoms with Gasteiger partial charge in [-0.1, -0.05) is 58.8 Å². The molecule has 1 aliphatic heterocycles. The van der Waals surface area contributed by atoms with Gasteiger partial charge < -0.3 is 14.4 Å². The Kier molecular flexibility index (Phi) is 12.6. The highest BCUT2D eigenvalue weighted by molar-refractivity contribution is 5.69. The fraction of sp³-hybridized carbons (Fsp3) is 0.808. The molecule has 1 saturated heterocycles. The Morgan fingerprint density at radius 2 is 1.74 bits per heavy atom.